The van der Waals surface area contributed by atoms with Gasteiger partial charge in [-0.2, -0.15) is 4.98 Å². The number of hydrogen-bond acceptors (Lipinski definition) is 7. The molecule has 0 saturated carbocycles. The van der Waals surface area contributed by atoms with Gasteiger partial charge in [-0.05, 0) is 36.6 Å². The maximum Gasteiger partial charge on any atom is 0.307 e. The van der Waals surface area contributed by atoms with Crippen molar-refractivity contribution in [1.82, 2.24) is 10.1 Å². The minimum atomic E-state index is -0.944. The van der Waals surface area contributed by atoms with Gasteiger partial charge >= 0.3 is 5.97 Å². The van der Waals surface area contributed by atoms with Crippen molar-refractivity contribution in [2.24, 2.45) is 0 Å². The standard InChI is InChI=1S/C18H16ClN3O4S/c1-11(18(24)20-13-5-2-4-12(19)10-13)25-16(23)8-7-15-21-17(22-26-15)14-6-3-9-27-14/h2-6,9-11H,7-8H2,1H3,(H,20,24)/t11-/m0/s1. The molecule has 27 heavy (non-hydrogen) atoms. The van der Waals surface area contributed by atoms with Crippen molar-refractivity contribution in [2.45, 2.75) is 25.9 Å². The smallest absolute Gasteiger partial charge is 0.307 e. The normalized spacial score (nSPS) is 11.8. The van der Waals surface area contributed by atoms with Crippen LogP contribution in [-0.2, 0) is 20.7 Å². The van der Waals surface area contributed by atoms with Crippen molar-refractivity contribution in [1.29, 1.82) is 0 Å². The monoisotopic (exact) mass is 405 g/mol. The molecule has 7 nitrogen and oxygen atoms in total. The molecule has 0 aliphatic carbocycles. The Morgan fingerprint density at radius 1 is 1.33 bits per heavy atom. The summed E-state index contributed by atoms with van der Waals surface area (Å²) in [6.07, 6.45) is -0.679. The highest BCUT2D eigenvalue weighted by Crippen LogP contribution is 2.21. The van der Waals surface area contributed by atoms with Gasteiger partial charge in [0.25, 0.3) is 5.91 Å². The number of carbonyl (C=O) groups excluding carboxylic acids is 2. The first-order chi connectivity index (χ1) is 13.0. The Morgan fingerprint density at radius 3 is 2.93 bits per heavy atom. The molecule has 0 saturated heterocycles. The van der Waals surface area contributed by atoms with Crippen LogP contribution in [0, 0.1) is 0 Å². The summed E-state index contributed by atoms with van der Waals surface area (Å²) in [4.78, 5) is 29.2. The molecule has 0 aliphatic heterocycles. The lowest BCUT2D eigenvalue weighted by atomic mass is 10.3. The Balaban J connectivity index is 1.46. The predicted octanol–water partition coefficient (Wildman–Crippen LogP) is 3.95. The Labute approximate surface area is 164 Å². The van der Waals surface area contributed by atoms with E-state index < -0.39 is 18.0 Å². The highest BCUT2D eigenvalue weighted by Gasteiger charge is 2.19. The lowest BCUT2D eigenvalue weighted by Gasteiger charge is -2.13. The van der Waals surface area contributed by atoms with Gasteiger partial charge in [-0.15, -0.1) is 11.3 Å². The summed E-state index contributed by atoms with van der Waals surface area (Å²) in [5.74, 6) is -0.142. The minimum Gasteiger partial charge on any atom is -0.453 e. The number of esters is 1. The van der Waals surface area contributed by atoms with Crippen LogP contribution in [0.3, 0.4) is 0 Å². The summed E-state index contributed by atoms with van der Waals surface area (Å²) in [6.45, 7) is 1.50. The molecule has 2 heterocycles. The zero-order valence-electron chi connectivity index (χ0n) is 14.3. The van der Waals surface area contributed by atoms with Crippen LogP contribution in [0.4, 0.5) is 5.69 Å². The SMILES string of the molecule is C[C@H](OC(=O)CCc1nc(-c2cccs2)no1)C(=O)Nc1cccc(Cl)c1. The van der Waals surface area contributed by atoms with Crippen LogP contribution in [0.25, 0.3) is 10.7 Å². The van der Waals surface area contributed by atoms with Crippen molar-refractivity contribution in [3.05, 3.63) is 52.7 Å². The Morgan fingerprint density at radius 2 is 2.19 bits per heavy atom. The van der Waals surface area contributed by atoms with Gasteiger partial charge in [0.15, 0.2) is 6.10 Å². The summed E-state index contributed by atoms with van der Waals surface area (Å²) in [5, 5.41) is 8.93. The Bertz CT molecular complexity index is 926. The van der Waals surface area contributed by atoms with Crippen LogP contribution >= 0.6 is 22.9 Å². The quantitative estimate of drug-likeness (QED) is 0.598. The molecule has 0 fully saturated rings. The molecule has 0 unspecified atom stereocenters. The number of amides is 1. The van der Waals surface area contributed by atoms with E-state index in [0.29, 0.717) is 22.4 Å². The number of benzene rings is 1. The minimum absolute atomic E-state index is 0.0286. The van der Waals surface area contributed by atoms with E-state index in [4.69, 9.17) is 20.9 Å². The van der Waals surface area contributed by atoms with Gasteiger partial charge in [0.05, 0.1) is 11.3 Å². The molecular weight excluding hydrogens is 390 g/mol. The molecule has 1 aromatic carbocycles. The number of carbonyl (C=O) groups is 2. The van der Waals surface area contributed by atoms with E-state index in [9.17, 15) is 9.59 Å². The fourth-order valence-electron chi connectivity index (χ4n) is 2.19. The first kappa shape index (κ1) is 19.1. The molecule has 3 rings (SSSR count). The molecule has 9 heteroatoms. The second kappa shape index (κ2) is 8.79. The fourth-order valence-corrected chi connectivity index (χ4v) is 3.03. The molecule has 1 amide bonds. The van der Waals surface area contributed by atoms with Crippen LogP contribution < -0.4 is 5.32 Å². The van der Waals surface area contributed by atoms with Crippen LogP contribution in [0.15, 0.2) is 46.3 Å². The number of nitrogens with one attached hydrogen (secondary N) is 1. The molecule has 1 N–H and O–H groups in total. The molecule has 2 aromatic heterocycles. The lowest BCUT2D eigenvalue weighted by molar-refractivity contribution is -0.153. The highest BCUT2D eigenvalue weighted by atomic mass is 35.5. The van der Waals surface area contributed by atoms with Gasteiger partial charge in [-0.3, -0.25) is 9.59 Å². The number of rotatable bonds is 7. The number of nitrogens with zero attached hydrogens (tertiary/aromatic N) is 2. The largest absolute Gasteiger partial charge is 0.453 e. The molecule has 3 aromatic rings. The second-order valence-corrected chi connectivity index (χ2v) is 7.00. The molecule has 0 spiro atoms. The third-order valence-corrected chi connectivity index (χ3v) is 4.62. The Hall–Kier alpha value is -2.71. The summed E-state index contributed by atoms with van der Waals surface area (Å²) >= 11 is 7.37. The number of thiophene rings is 1. The Kier molecular flexibility index (Phi) is 6.20. The van der Waals surface area contributed by atoms with Crippen molar-refractivity contribution < 1.29 is 18.8 Å². The van der Waals surface area contributed by atoms with Crippen LogP contribution in [0.5, 0.6) is 0 Å². The fraction of sp³-hybridized carbons (Fsp3) is 0.222. The maximum atomic E-state index is 12.1. The van der Waals surface area contributed by atoms with Gasteiger partial charge in [0, 0.05) is 17.1 Å². The number of ether oxygens (including phenoxy) is 1. The zero-order valence-corrected chi connectivity index (χ0v) is 15.9. The molecule has 0 aliphatic rings. The second-order valence-electron chi connectivity index (χ2n) is 5.62. The predicted molar refractivity (Wildman–Crippen MR) is 102 cm³/mol. The first-order valence-corrected chi connectivity index (χ1v) is 9.39. The van der Waals surface area contributed by atoms with Crippen molar-refractivity contribution >= 4 is 40.5 Å². The van der Waals surface area contributed by atoms with Crippen LogP contribution in [0.1, 0.15) is 19.2 Å². The topological polar surface area (TPSA) is 94.3 Å². The van der Waals surface area contributed by atoms with Gasteiger partial charge in [0.2, 0.25) is 11.7 Å². The van der Waals surface area contributed by atoms with E-state index in [1.807, 2.05) is 17.5 Å². The summed E-state index contributed by atoms with van der Waals surface area (Å²) in [5.41, 5.74) is 0.530. The van der Waals surface area contributed by atoms with E-state index in [-0.39, 0.29) is 12.8 Å². The molecule has 0 radical (unpaired) electrons. The van der Waals surface area contributed by atoms with E-state index in [2.05, 4.69) is 15.5 Å². The lowest BCUT2D eigenvalue weighted by Crippen LogP contribution is -2.30. The van der Waals surface area contributed by atoms with E-state index >= 15 is 0 Å². The number of aromatic nitrogens is 2. The summed E-state index contributed by atoms with van der Waals surface area (Å²) in [7, 11) is 0. The third-order valence-electron chi connectivity index (χ3n) is 3.52. The van der Waals surface area contributed by atoms with Gasteiger partial charge in [0.1, 0.15) is 0 Å². The summed E-state index contributed by atoms with van der Waals surface area (Å²) in [6, 6.07) is 10.5. The van der Waals surface area contributed by atoms with Crippen LogP contribution in [0.2, 0.25) is 5.02 Å². The maximum absolute atomic E-state index is 12.1. The molecular formula is C18H16ClN3O4S. The van der Waals surface area contributed by atoms with E-state index in [1.165, 1.54) is 18.3 Å². The van der Waals surface area contributed by atoms with Crippen molar-refractivity contribution in [2.75, 3.05) is 5.32 Å². The first-order valence-electron chi connectivity index (χ1n) is 8.13. The van der Waals surface area contributed by atoms with Gasteiger partial charge < -0.3 is 14.6 Å². The number of anilines is 1. The van der Waals surface area contributed by atoms with Gasteiger partial charge in [-0.1, -0.05) is 28.9 Å². The molecule has 1 atom stereocenters. The third kappa shape index (κ3) is 5.38. The van der Waals surface area contributed by atoms with Crippen molar-refractivity contribution in [3.63, 3.8) is 0 Å². The average molecular weight is 406 g/mol. The molecule has 140 valence electrons. The van der Waals surface area contributed by atoms with Crippen molar-refractivity contribution in [3.8, 4) is 10.7 Å². The number of hydrogen-bond donors (Lipinski definition) is 1. The number of aryl methyl sites for hydroxylation is 1. The van der Waals surface area contributed by atoms with Crippen LogP contribution in [-0.4, -0.2) is 28.1 Å². The van der Waals surface area contributed by atoms with E-state index in [0.717, 1.165) is 4.88 Å². The zero-order chi connectivity index (χ0) is 19.2. The van der Waals surface area contributed by atoms with Gasteiger partial charge in [-0.25, -0.2) is 0 Å². The summed E-state index contributed by atoms with van der Waals surface area (Å²) < 4.78 is 10.3. The molecule has 0 bridgehead atoms. The van der Waals surface area contributed by atoms with E-state index in [1.54, 1.807) is 24.3 Å². The average Bonchev–Trinajstić information content (AvgIpc) is 3.31. The number of halogens is 1. The highest BCUT2D eigenvalue weighted by molar-refractivity contribution is 7.13.